The number of ether oxygens (including phenoxy) is 1. The number of carboxylic acids is 1. The highest BCUT2D eigenvalue weighted by atomic mass is 16.5. The number of nitrogens with one attached hydrogen (secondary N) is 1. The molecule has 3 N–H and O–H groups in total. The average molecular weight is 512 g/mol. The van der Waals surface area contributed by atoms with Gasteiger partial charge < -0.3 is 30.1 Å². The first-order valence-corrected chi connectivity index (χ1v) is 12.2. The molecule has 3 amide bonds. The summed E-state index contributed by atoms with van der Waals surface area (Å²) in [5, 5.41) is 21.0. The molecule has 2 aliphatic rings. The van der Waals surface area contributed by atoms with Crippen LogP contribution in [-0.4, -0.2) is 92.2 Å². The minimum atomic E-state index is -1.35. The van der Waals surface area contributed by atoms with E-state index in [0.717, 1.165) is 25.7 Å². The molecule has 0 unspecified atom stereocenters. The van der Waals surface area contributed by atoms with Crippen LogP contribution in [0.4, 0.5) is 4.79 Å². The molecule has 1 aromatic heterocycles. The summed E-state index contributed by atoms with van der Waals surface area (Å²) in [5.41, 5.74) is 0.614. The Kier molecular flexibility index (Phi) is 8.16. The molecule has 1 saturated heterocycles. The van der Waals surface area contributed by atoms with Crippen molar-refractivity contribution in [3.05, 3.63) is 42.1 Å². The van der Waals surface area contributed by atoms with E-state index >= 15 is 0 Å². The second-order valence-corrected chi connectivity index (χ2v) is 9.02. The van der Waals surface area contributed by atoms with Gasteiger partial charge in [-0.1, -0.05) is 30.3 Å². The quantitative estimate of drug-likeness (QED) is 0.480. The fourth-order valence-corrected chi connectivity index (χ4v) is 4.44. The third-order valence-corrected chi connectivity index (χ3v) is 6.40. The van der Waals surface area contributed by atoms with Crippen molar-refractivity contribution in [2.45, 2.75) is 44.2 Å². The maximum Gasteiger partial charge on any atom is 0.407 e. The second kappa shape index (κ2) is 11.7. The van der Waals surface area contributed by atoms with Crippen molar-refractivity contribution < 1.29 is 34.1 Å². The number of amides is 3. The number of rotatable bonds is 8. The van der Waals surface area contributed by atoms with Crippen molar-refractivity contribution in [1.82, 2.24) is 25.1 Å². The van der Waals surface area contributed by atoms with E-state index in [4.69, 9.17) is 9.84 Å². The Morgan fingerprint density at radius 3 is 2.24 bits per heavy atom. The largest absolute Gasteiger partial charge is 0.481 e. The Morgan fingerprint density at radius 2 is 1.62 bits per heavy atom. The molecule has 0 bridgehead atoms. The van der Waals surface area contributed by atoms with Gasteiger partial charge in [0, 0.05) is 37.8 Å². The summed E-state index contributed by atoms with van der Waals surface area (Å²) in [6, 6.07) is 9.11. The molecule has 1 saturated carbocycles. The highest BCUT2D eigenvalue weighted by Crippen LogP contribution is 2.25. The standard InChI is InChI=1S/C25H29N5O7/c31-21(32)15-19(24(34)29-10-12-30(13-11-29)25(35)36)27-23(33)18-14-20(37-17-8-4-5-9-17)28-22(26-18)16-6-2-1-3-7-16/h1-3,6-7,14,17,19H,4-5,8-13,15H2,(H,27,33)(H,31,32)(H,35,36)/t19-/m0/s1. The van der Waals surface area contributed by atoms with Crippen molar-refractivity contribution >= 4 is 23.9 Å². The molecule has 196 valence electrons. The minimum absolute atomic E-state index is 0.0137. The molecule has 0 radical (unpaired) electrons. The van der Waals surface area contributed by atoms with Gasteiger partial charge in [-0.25, -0.2) is 9.78 Å². The molecular weight excluding hydrogens is 482 g/mol. The maximum absolute atomic E-state index is 13.2. The molecule has 12 nitrogen and oxygen atoms in total. The molecule has 2 heterocycles. The van der Waals surface area contributed by atoms with Crippen molar-refractivity contribution in [2.75, 3.05) is 26.2 Å². The first-order valence-electron chi connectivity index (χ1n) is 12.2. The van der Waals surface area contributed by atoms with Gasteiger partial charge in [0.2, 0.25) is 11.8 Å². The number of hydrogen-bond acceptors (Lipinski definition) is 7. The van der Waals surface area contributed by atoms with Crippen molar-refractivity contribution in [3.8, 4) is 17.3 Å². The second-order valence-electron chi connectivity index (χ2n) is 9.02. The molecule has 1 aromatic carbocycles. The predicted molar refractivity (Wildman–Crippen MR) is 130 cm³/mol. The SMILES string of the molecule is O=C(O)C[C@H](NC(=O)c1cc(OC2CCCC2)nc(-c2ccccc2)n1)C(=O)N1CCN(C(=O)O)CC1. The van der Waals surface area contributed by atoms with Crippen LogP contribution < -0.4 is 10.1 Å². The summed E-state index contributed by atoms with van der Waals surface area (Å²) in [4.78, 5) is 60.3. The number of hydrogen-bond donors (Lipinski definition) is 3. The van der Waals surface area contributed by atoms with Gasteiger partial charge in [-0.05, 0) is 25.7 Å². The van der Waals surface area contributed by atoms with E-state index in [9.17, 15) is 24.3 Å². The van der Waals surface area contributed by atoms with E-state index in [2.05, 4.69) is 15.3 Å². The van der Waals surface area contributed by atoms with E-state index in [1.54, 1.807) is 12.1 Å². The fourth-order valence-electron chi connectivity index (χ4n) is 4.44. The molecule has 2 aromatic rings. The lowest BCUT2D eigenvalue weighted by Crippen LogP contribution is -2.56. The Morgan fingerprint density at radius 1 is 0.973 bits per heavy atom. The third-order valence-electron chi connectivity index (χ3n) is 6.40. The number of carbonyl (C=O) groups is 4. The first kappa shape index (κ1) is 25.9. The number of piperazine rings is 1. The summed E-state index contributed by atoms with van der Waals surface area (Å²) >= 11 is 0. The molecule has 4 rings (SSSR count). The van der Waals surface area contributed by atoms with Gasteiger partial charge in [-0.2, -0.15) is 4.98 Å². The normalized spacial score (nSPS) is 16.8. The molecular formula is C25H29N5O7. The Bertz CT molecular complexity index is 1150. The molecule has 2 fully saturated rings. The van der Waals surface area contributed by atoms with Gasteiger partial charge in [0.15, 0.2) is 5.82 Å². The molecule has 1 aliphatic heterocycles. The van der Waals surface area contributed by atoms with Gasteiger partial charge in [0.05, 0.1) is 6.42 Å². The molecule has 1 atom stereocenters. The summed E-state index contributed by atoms with van der Waals surface area (Å²) in [6.45, 7) is 0.399. The fraction of sp³-hybridized carbons (Fsp3) is 0.440. The van der Waals surface area contributed by atoms with Crippen LogP contribution in [0.15, 0.2) is 36.4 Å². The summed E-state index contributed by atoms with van der Waals surface area (Å²) in [5.74, 6) is -2.09. The van der Waals surface area contributed by atoms with E-state index < -0.39 is 36.3 Å². The lowest BCUT2D eigenvalue weighted by Gasteiger charge is -2.35. The molecule has 12 heteroatoms. The van der Waals surface area contributed by atoms with Crippen LogP contribution in [0.3, 0.4) is 0 Å². The minimum Gasteiger partial charge on any atom is -0.481 e. The molecule has 1 aliphatic carbocycles. The Hall–Kier alpha value is -4.22. The van der Waals surface area contributed by atoms with Crippen LogP contribution in [0, 0.1) is 0 Å². The van der Waals surface area contributed by atoms with E-state index in [1.165, 1.54) is 15.9 Å². The van der Waals surface area contributed by atoms with Crippen LogP contribution in [0.25, 0.3) is 11.4 Å². The van der Waals surface area contributed by atoms with Crippen LogP contribution in [-0.2, 0) is 9.59 Å². The Balaban J connectivity index is 1.55. The third kappa shape index (κ3) is 6.72. The van der Waals surface area contributed by atoms with Gasteiger partial charge in [-0.3, -0.25) is 14.4 Å². The van der Waals surface area contributed by atoms with E-state index in [0.29, 0.717) is 5.56 Å². The maximum atomic E-state index is 13.2. The van der Waals surface area contributed by atoms with E-state index in [1.807, 2.05) is 18.2 Å². The molecule has 0 spiro atoms. The van der Waals surface area contributed by atoms with Crippen molar-refractivity contribution in [1.29, 1.82) is 0 Å². The van der Waals surface area contributed by atoms with Crippen molar-refractivity contribution in [3.63, 3.8) is 0 Å². The van der Waals surface area contributed by atoms with Gasteiger partial charge in [0.25, 0.3) is 5.91 Å². The topological polar surface area (TPSA) is 162 Å². The number of aliphatic carboxylic acids is 1. The van der Waals surface area contributed by atoms with Crippen LogP contribution in [0.5, 0.6) is 5.88 Å². The zero-order valence-corrected chi connectivity index (χ0v) is 20.2. The highest BCUT2D eigenvalue weighted by molar-refractivity contribution is 5.97. The van der Waals surface area contributed by atoms with Crippen LogP contribution in [0.2, 0.25) is 0 Å². The molecule has 37 heavy (non-hydrogen) atoms. The predicted octanol–water partition coefficient (Wildman–Crippen LogP) is 1.86. The zero-order chi connectivity index (χ0) is 26.4. The van der Waals surface area contributed by atoms with Gasteiger partial charge in [0.1, 0.15) is 17.8 Å². The first-order chi connectivity index (χ1) is 17.8. The number of carboxylic acid groups (broad SMARTS) is 2. The Labute approximate surface area is 213 Å². The number of aromatic nitrogens is 2. The van der Waals surface area contributed by atoms with Crippen LogP contribution >= 0.6 is 0 Å². The summed E-state index contributed by atoms with van der Waals surface area (Å²) in [6.07, 6.45) is 2.14. The number of benzene rings is 1. The van der Waals surface area contributed by atoms with E-state index in [-0.39, 0.29) is 49.7 Å². The lowest BCUT2D eigenvalue weighted by atomic mass is 10.1. The summed E-state index contributed by atoms with van der Waals surface area (Å²) in [7, 11) is 0. The van der Waals surface area contributed by atoms with Gasteiger partial charge >= 0.3 is 12.1 Å². The number of nitrogens with zero attached hydrogens (tertiary/aromatic N) is 4. The zero-order valence-electron chi connectivity index (χ0n) is 20.2. The highest BCUT2D eigenvalue weighted by Gasteiger charge is 2.32. The smallest absolute Gasteiger partial charge is 0.407 e. The van der Waals surface area contributed by atoms with Gasteiger partial charge in [-0.15, -0.1) is 0 Å². The number of carbonyl (C=O) groups excluding carboxylic acids is 2. The van der Waals surface area contributed by atoms with Crippen molar-refractivity contribution in [2.24, 2.45) is 0 Å². The summed E-state index contributed by atoms with van der Waals surface area (Å²) < 4.78 is 6.02. The van der Waals surface area contributed by atoms with Crippen LogP contribution in [0.1, 0.15) is 42.6 Å². The average Bonchev–Trinajstić information content (AvgIpc) is 3.41. The monoisotopic (exact) mass is 511 g/mol. The lowest BCUT2D eigenvalue weighted by molar-refractivity contribution is -0.143.